The Hall–Kier alpha value is -1.65. The van der Waals surface area contributed by atoms with Crippen molar-refractivity contribution in [2.24, 2.45) is 5.92 Å². The highest BCUT2D eigenvalue weighted by molar-refractivity contribution is 5.74. The third-order valence-corrected chi connectivity index (χ3v) is 3.24. The van der Waals surface area contributed by atoms with Gasteiger partial charge in [-0.1, -0.05) is 39.5 Å². The number of hydrogen-bond donors (Lipinski definition) is 1. The van der Waals surface area contributed by atoms with Crippen molar-refractivity contribution in [3.05, 3.63) is 12.7 Å². The average Bonchev–Trinajstić information content (AvgIpc) is 2.90. The van der Waals surface area contributed by atoms with E-state index in [2.05, 4.69) is 33.8 Å². The summed E-state index contributed by atoms with van der Waals surface area (Å²) in [7, 11) is 0. The lowest BCUT2D eigenvalue weighted by Crippen LogP contribution is -2.09. The summed E-state index contributed by atoms with van der Waals surface area (Å²) in [5.41, 5.74) is 1.43. The molecule has 19 heavy (non-hydrogen) atoms. The summed E-state index contributed by atoms with van der Waals surface area (Å²) < 4.78 is 5.77. The van der Waals surface area contributed by atoms with Gasteiger partial charge in [-0.15, -0.1) is 0 Å². The number of H-pyrrole nitrogens is 1. The molecule has 104 valence electrons. The Morgan fingerprint density at radius 3 is 2.95 bits per heavy atom. The van der Waals surface area contributed by atoms with E-state index in [0.717, 1.165) is 5.52 Å². The van der Waals surface area contributed by atoms with Crippen LogP contribution in [0.2, 0.25) is 0 Å². The summed E-state index contributed by atoms with van der Waals surface area (Å²) in [6, 6.07) is 0. The van der Waals surface area contributed by atoms with E-state index in [9.17, 15) is 0 Å². The summed E-state index contributed by atoms with van der Waals surface area (Å²) in [6.07, 6.45) is 9.51. The maximum Gasteiger partial charge on any atom is 0.243 e. The molecule has 0 radical (unpaired) electrons. The van der Waals surface area contributed by atoms with Gasteiger partial charge in [0.05, 0.1) is 12.9 Å². The monoisotopic (exact) mass is 262 g/mol. The molecule has 2 aromatic heterocycles. The minimum absolute atomic E-state index is 0.546. The van der Waals surface area contributed by atoms with E-state index >= 15 is 0 Å². The van der Waals surface area contributed by atoms with Gasteiger partial charge in [0.15, 0.2) is 5.65 Å². The Kier molecular flexibility index (Phi) is 5.12. The first-order chi connectivity index (χ1) is 9.31. The number of nitrogens with zero attached hydrogens (tertiary/aromatic N) is 3. The molecule has 1 atom stereocenters. The topological polar surface area (TPSA) is 63.7 Å². The van der Waals surface area contributed by atoms with Gasteiger partial charge in [-0.05, 0) is 12.3 Å². The van der Waals surface area contributed by atoms with Crippen molar-refractivity contribution >= 4 is 11.2 Å². The highest BCUT2D eigenvalue weighted by Gasteiger charge is 2.09. The van der Waals surface area contributed by atoms with Crippen LogP contribution in [0, 0.1) is 5.92 Å². The average molecular weight is 262 g/mol. The number of imidazole rings is 1. The predicted octanol–water partition coefficient (Wildman–Crippen LogP) is 3.34. The maximum atomic E-state index is 5.77. The lowest BCUT2D eigenvalue weighted by atomic mass is 10.0. The smallest absolute Gasteiger partial charge is 0.243 e. The van der Waals surface area contributed by atoms with Gasteiger partial charge in [0.25, 0.3) is 0 Å². The Bertz CT molecular complexity index is 497. The molecule has 0 fully saturated rings. The van der Waals surface area contributed by atoms with Gasteiger partial charge in [-0.2, -0.15) is 4.98 Å². The number of fused-ring (bicyclic) bond motifs is 1. The quantitative estimate of drug-likeness (QED) is 0.741. The zero-order chi connectivity index (χ0) is 13.5. The lowest BCUT2D eigenvalue weighted by Gasteiger charge is -2.12. The van der Waals surface area contributed by atoms with Crippen LogP contribution in [0.4, 0.5) is 0 Å². The molecule has 1 N–H and O–H groups in total. The van der Waals surface area contributed by atoms with Gasteiger partial charge in [0.1, 0.15) is 11.8 Å². The summed E-state index contributed by atoms with van der Waals surface area (Å²) in [6.45, 7) is 5.14. The van der Waals surface area contributed by atoms with Crippen molar-refractivity contribution in [2.45, 2.75) is 46.0 Å². The van der Waals surface area contributed by atoms with Gasteiger partial charge >= 0.3 is 0 Å². The SMILES string of the molecule is CCCCCCC(C)COc1ncnc2nc[nH]c12. The minimum atomic E-state index is 0.546. The number of unbranched alkanes of at least 4 members (excludes halogenated alkanes) is 3. The van der Waals surface area contributed by atoms with Crippen LogP contribution in [0.25, 0.3) is 11.2 Å². The van der Waals surface area contributed by atoms with Crippen LogP contribution in [0.1, 0.15) is 46.0 Å². The number of aromatic nitrogens is 4. The molecule has 0 bridgehead atoms. The minimum Gasteiger partial charge on any atom is -0.476 e. The van der Waals surface area contributed by atoms with E-state index < -0.39 is 0 Å². The van der Waals surface area contributed by atoms with Crippen LogP contribution in [-0.4, -0.2) is 26.5 Å². The summed E-state index contributed by atoms with van der Waals surface area (Å²) in [5, 5.41) is 0. The third kappa shape index (κ3) is 3.91. The van der Waals surface area contributed by atoms with Crippen LogP contribution in [0.15, 0.2) is 12.7 Å². The molecule has 2 rings (SSSR count). The Balaban J connectivity index is 1.80. The second-order valence-electron chi connectivity index (χ2n) is 5.05. The van der Waals surface area contributed by atoms with Crippen molar-refractivity contribution in [3.63, 3.8) is 0 Å². The van der Waals surface area contributed by atoms with Crippen molar-refractivity contribution in [1.82, 2.24) is 19.9 Å². The standard InChI is InChI=1S/C14H22N4O/c1-3-4-5-6-7-11(2)8-19-14-12-13(16-9-15-12)17-10-18-14/h9-11H,3-8H2,1-2H3,(H,15,16,17,18). The second-order valence-corrected chi connectivity index (χ2v) is 5.05. The molecule has 0 aromatic carbocycles. The number of rotatable bonds is 8. The van der Waals surface area contributed by atoms with Gasteiger partial charge in [0, 0.05) is 0 Å². The van der Waals surface area contributed by atoms with E-state index in [4.69, 9.17) is 4.74 Å². The molecule has 2 aromatic rings. The molecule has 0 aliphatic rings. The molecule has 1 unspecified atom stereocenters. The Morgan fingerprint density at radius 1 is 1.21 bits per heavy atom. The van der Waals surface area contributed by atoms with Gasteiger partial charge < -0.3 is 9.72 Å². The van der Waals surface area contributed by atoms with Crippen molar-refractivity contribution < 1.29 is 4.74 Å². The first kappa shape index (κ1) is 13.8. The number of ether oxygens (including phenoxy) is 1. The number of hydrogen-bond acceptors (Lipinski definition) is 4. The first-order valence-electron chi connectivity index (χ1n) is 7.08. The molecule has 0 saturated heterocycles. The summed E-state index contributed by atoms with van der Waals surface area (Å²) in [5.74, 6) is 1.15. The van der Waals surface area contributed by atoms with Crippen LogP contribution >= 0.6 is 0 Å². The molecule has 2 heterocycles. The van der Waals surface area contributed by atoms with Crippen LogP contribution in [0.5, 0.6) is 5.88 Å². The third-order valence-electron chi connectivity index (χ3n) is 3.24. The summed E-state index contributed by atoms with van der Waals surface area (Å²) >= 11 is 0. The zero-order valence-corrected chi connectivity index (χ0v) is 11.7. The van der Waals surface area contributed by atoms with Crippen LogP contribution < -0.4 is 4.74 Å². The fourth-order valence-electron chi connectivity index (χ4n) is 2.08. The fourth-order valence-corrected chi connectivity index (χ4v) is 2.08. The molecule has 0 aliphatic heterocycles. The Morgan fingerprint density at radius 2 is 2.11 bits per heavy atom. The van der Waals surface area contributed by atoms with Crippen molar-refractivity contribution in [1.29, 1.82) is 0 Å². The predicted molar refractivity (Wildman–Crippen MR) is 75.1 cm³/mol. The number of nitrogens with one attached hydrogen (secondary N) is 1. The molecule has 0 aliphatic carbocycles. The van der Waals surface area contributed by atoms with Crippen molar-refractivity contribution in [3.8, 4) is 5.88 Å². The lowest BCUT2D eigenvalue weighted by molar-refractivity contribution is 0.243. The molecule has 0 amide bonds. The van der Waals surface area contributed by atoms with Crippen LogP contribution in [0.3, 0.4) is 0 Å². The van der Waals surface area contributed by atoms with Gasteiger partial charge in [-0.25, -0.2) is 9.97 Å². The fraction of sp³-hybridized carbons (Fsp3) is 0.643. The number of aromatic amines is 1. The van der Waals surface area contributed by atoms with E-state index in [-0.39, 0.29) is 0 Å². The highest BCUT2D eigenvalue weighted by atomic mass is 16.5. The van der Waals surface area contributed by atoms with Gasteiger partial charge in [-0.3, -0.25) is 0 Å². The Labute approximate surface area is 113 Å². The normalized spacial score (nSPS) is 12.7. The molecule has 5 nitrogen and oxygen atoms in total. The molecular formula is C14H22N4O. The van der Waals surface area contributed by atoms with Crippen molar-refractivity contribution in [2.75, 3.05) is 6.61 Å². The first-order valence-corrected chi connectivity index (χ1v) is 7.08. The van der Waals surface area contributed by atoms with Gasteiger partial charge in [0.2, 0.25) is 5.88 Å². The van der Waals surface area contributed by atoms with E-state index in [1.807, 2.05) is 0 Å². The second kappa shape index (κ2) is 7.07. The van der Waals surface area contributed by atoms with E-state index in [1.54, 1.807) is 6.33 Å². The van der Waals surface area contributed by atoms with Crippen LogP contribution in [-0.2, 0) is 0 Å². The molecular weight excluding hydrogens is 240 g/mol. The summed E-state index contributed by atoms with van der Waals surface area (Å²) in [4.78, 5) is 15.3. The largest absolute Gasteiger partial charge is 0.476 e. The molecule has 5 heteroatoms. The maximum absolute atomic E-state index is 5.77. The molecule has 0 spiro atoms. The molecule has 0 saturated carbocycles. The zero-order valence-electron chi connectivity index (χ0n) is 11.7. The van der Waals surface area contributed by atoms with E-state index in [1.165, 1.54) is 38.4 Å². The highest BCUT2D eigenvalue weighted by Crippen LogP contribution is 2.18. The van der Waals surface area contributed by atoms with E-state index in [0.29, 0.717) is 24.1 Å².